The Balaban J connectivity index is 0.000000373. The number of alkyl halides is 2. The van der Waals surface area contributed by atoms with Crippen LogP contribution in [0.15, 0.2) is 43.0 Å². The Hall–Kier alpha value is -2.64. The van der Waals surface area contributed by atoms with Crippen LogP contribution in [0.3, 0.4) is 0 Å². The molecule has 0 bridgehead atoms. The molecule has 0 atom stereocenters. The van der Waals surface area contributed by atoms with E-state index in [0.717, 1.165) is 29.6 Å². The number of nitrogens with one attached hydrogen (secondary N) is 1. The first kappa shape index (κ1) is 24.6. The third kappa shape index (κ3) is 6.42. The number of hydrogen-bond donors (Lipinski definition) is 1. The maximum Gasteiger partial charge on any atom is 3.00 e. The van der Waals surface area contributed by atoms with E-state index in [1.165, 1.54) is 6.20 Å². The summed E-state index contributed by atoms with van der Waals surface area (Å²) in [5, 5.41) is 3.73. The summed E-state index contributed by atoms with van der Waals surface area (Å²) in [6.45, 7) is 6.08. The van der Waals surface area contributed by atoms with Crippen molar-refractivity contribution >= 4 is 28.9 Å². The van der Waals surface area contributed by atoms with E-state index in [1.54, 1.807) is 18.5 Å². The van der Waals surface area contributed by atoms with Crippen molar-refractivity contribution < 1.29 is 35.4 Å². The molecule has 1 fully saturated rings. The Labute approximate surface area is 189 Å². The summed E-state index contributed by atoms with van der Waals surface area (Å²) >= 11 is 0. The summed E-state index contributed by atoms with van der Waals surface area (Å²) in [6, 6.07) is 5.46. The molecule has 0 aromatic carbocycles. The van der Waals surface area contributed by atoms with Gasteiger partial charge in [-0.3, -0.25) is 9.78 Å². The zero-order valence-corrected chi connectivity index (χ0v) is 17.8. The molecule has 3 heterocycles. The quantitative estimate of drug-likeness (QED) is 0.434. The second-order valence-electron chi connectivity index (χ2n) is 6.98. The minimum Gasteiger partial charge on any atom is -0.376 e. The van der Waals surface area contributed by atoms with Crippen LogP contribution < -0.4 is 5.32 Å². The Morgan fingerprint density at radius 3 is 2.52 bits per heavy atom. The zero-order valence-electron chi connectivity index (χ0n) is 16.7. The van der Waals surface area contributed by atoms with Gasteiger partial charge in [0.1, 0.15) is 5.65 Å². The third-order valence-electron chi connectivity index (χ3n) is 4.59. The number of carbonyl (C=O) groups excluding carboxylic acids is 2. The first-order chi connectivity index (χ1) is 14.4. The summed E-state index contributed by atoms with van der Waals surface area (Å²) in [4.78, 5) is 31.1. The van der Waals surface area contributed by atoms with Crippen molar-refractivity contribution in [1.82, 2.24) is 14.5 Å². The van der Waals surface area contributed by atoms with Crippen molar-refractivity contribution in [3.8, 4) is 5.69 Å². The van der Waals surface area contributed by atoms with Gasteiger partial charge < -0.3 is 33.5 Å². The SMILES string of the molecule is O=[C-]c1cnc2c(ccn2-c2cncc(NC(=O)C3CC3)c2)c1.[CH2-]CC(F)(F)C[CH2-].[Mn+3]. The monoisotopic (exact) mass is 466 g/mol. The van der Waals surface area contributed by atoms with E-state index in [2.05, 4.69) is 29.1 Å². The Bertz CT molecular complexity index is 1040. The molecule has 31 heavy (non-hydrogen) atoms. The van der Waals surface area contributed by atoms with Gasteiger partial charge in [0.2, 0.25) is 5.91 Å². The van der Waals surface area contributed by atoms with Crippen molar-refractivity contribution in [2.45, 2.75) is 31.6 Å². The molecule has 3 aromatic rings. The normalized spacial score (nSPS) is 13.0. The van der Waals surface area contributed by atoms with Crippen LogP contribution in [-0.2, 0) is 26.7 Å². The van der Waals surface area contributed by atoms with Crippen LogP contribution in [0.5, 0.6) is 0 Å². The average Bonchev–Trinajstić information content (AvgIpc) is 3.53. The predicted molar refractivity (Wildman–Crippen MR) is 110 cm³/mol. The summed E-state index contributed by atoms with van der Waals surface area (Å²) in [6.07, 6.45) is 9.72. The van der Waals surface area contributed by atoms with Crippen LogP contribution in [0.2, 0.25) is 0 Å². The second-order valence-corrected chi connectivity index (χ2v) is 6.98. The zero-order chi connectivity index (χ0) is 21.7. The smallest absolute Gasteiger partial charge is 0.376 e. The van der Waals surface area contributed by atoms with Gasteiger partial charge >= 0.3 is 17.1 Å². The van der Waals surface area contributed by atoms with Crippen LogP contribution in [0.1, 0.15) is 31.2 Å². The van der Waals surface area contributed by atoms with Crippen LogP contribution in [0, 0.1) is 19.8 Å². The van der Waals surface area contributed by atoms with Crippen LogP contribution >= 0.6 is 0 Å². The van der Waals surface area contributed by atoms with E-state index in [4.69, 9.17) is 0 Å². The van der Waals surface area contributed by atoms with Gasteiger partial charge in [-0.05, 0) is 30.4 Å². The standard InChI is InChI=1S/C17H13N4O2.C5H8F2.Mn/c22-10-11-5-13-3-4-21(16(13)19-7-11)15-6-14(8-18-9-15)20-17(23)12-1-2-12;1-3-5(6,7)4-2;/h3-9,12H,1-2H2,(H,20,23);1-4H2;/q-1;-2;+3. The molecule has 0 radical (unpaired) electrons. The number of halogens is 2. The van der Waals surface area contributed by atoms with Gasteiger partial charge in [0.05, 0.1) is 30.1 Å². The van der Waals surface area contributed by atoms with E-state index < -0.39 is 5.92 Å². The predicted octanol–water partition coefficient (Wildman–Crippen LogP) is 4.29. The number of fused-ring (bicyclic) bond motifs is 1. The minimum atomic E-state index is -2.64. The molecular weight excluding hydrogens is 445 g/mol. The van der Waals surface area contributed by atoms with E-state index in [9.17, 15) is 18.4 Å². The number of anilines is 1. The molecule has 1 aliphatic rings. The average molecular weight is 466 g/mol. The number of pyridine rings is 2. The number of aromatic nitrogens is 3. The fourth-order valence-electron chi connectivity index (χ4n) is 2.63. The fraction of sp³-hybridized carbons (Fsp3) is 0.273. The van der Waals surface area contributed by atoms with Gasteiger partial charge in [-0.2, -0.15) is 0 Å². The van der Waals surface area contributed by atoms with E-state index in [-0.39, 0.29) is 41.7 Å². The largest absolute Gasteiger partial charge is 3.00 e. The molecular formula is C22H21F2MnN4O2. The van der Waals surface area contributed by atoms with E-state index in [1.807, 2.05) is 29.2 Å². The Kier molecular flexibility index (Phi) is 8.42. The molecule has 1 amide bonds. The number of nitrogens with zero attached hydrogens (tertiary/aromatic N) is 3. The van der Waals surface area contributed by atoms with Crippen LogP contribution in [-0.4, -0.2) is 32.7 Å². The summed E-state index contributed by atoms with van der Waals surface area (Å²) in [5.74, 6) is -2.45. The van der Waals surface area contributed by atoms with Crippen LogP contribution in [0.25, 0.3) is 16.7 Å². The fourth-order valence-corrected chi connectivity index (χ4v) is 2.63. The minimum absolute atomic E-state index is 0. The molecule has 0 saturated heterocycles. The second kappa shape index (κ2) is 10.6. The van der Waals surface area contributed by atoms with Crippen molar-refractivity contribution in [3.63, 3.8) is 0 Å². The van der Waals surface area contributed by atoms with Gasteiger partial charge in [-0.25, -0.2) is 8.78 Å². The maximum atomic E-state index is 11.9. The number of hydrogen-bond acceptors (Lipinski definition) is 4. The van der Waals surface area contributed by atoms with Gasteiger partial charge in [-0.1, -0.05) is 6.20 Å². The molecule has 0 aliphatic heterocycles. The first-order valence-electron chi connectivity index (χ1n) is 9.44. The Morgan fingerprint density at radius 2 is 1.94 bits per heavy atom. The number of carbonyl (C=O) groups is 1. The molecule has 9 heteroatoms. The van der Waals surface area contributed by atoms with Crippen molar-refractivity contribution in [1.29, 1.82) is 0 Å². The summed E-state index contributed by atoms with van der Waals surface area (Å²) in [7, 11) is 0. The molecule has 1 aliphatic carbocycles. The van der Waals surface area contributed by atoms with Crippen molar-refractivity contribution in [2.75, 3.05) is 5.32 Å². The first-order valence-corrected chi connectivity index (χ1v) is 9.44. The van der Waals surface area contributed by atoms with Gasteiger partial charge in [0.25, 0.3) is 0 Å². The van der Waals surface area contributed by atoms with E-state index in [0.29, 0.717) is 11.3 Å². The molecule has 1 saturated carbocycles. The summed E-state index contributed by atoms with van der Waals surface area (Å²) in [5.41, 5.74) is 2.60. The summed E-state index contributed by atoms with van der Waals surface area (Å²) < 4.78 is 25.4. The molecule has 4 rings (SSSR count). The Morgan fingerprint density at radius 1 is 1.23 bits per heavy atom. The molecule has 162 valence electrons. The molecule has 0 unspecified atom stereocenters. The molecule has 1 N–H and O–H groups in total. The topological polar surface area (TPSA) is 76.9 Å². The molecule has 0 spiro atoms. The third-order valence-corrected chi connectivity index (χ3v) is 4.59. The van der Waals surface area contributed by atoms with Gasteiger partial charge in [0, 0.05) is 12.1 Å². The molecule has 3 aromatic heterocycles. The van der Waals surface area contributed by atoms with Gasteiger partial charge in [0.15, 0.2) is 5.92 Å². The van der Waals surface area contributed by atoms with Crippen molar-refractivity contribution in [2.24, 2.45) is 5.92 Å². The van der Waals surface area contributed by atoms with E-state index >= 15 is 0 Å². The molecule has 6 nitrogen and oxygen atoms in total. The maximum absolute atomic E-state index is 11.9. The van der Waals surface area contributed by atoms with Crippen molar-refractivity contribution in [3.05, 3.63) is 62.4 Å². The number of amides is 1. The van der Waals surface area contributed by atoms with Crippen LogP contribution in [0.4, 0.5) is 14.5 Å². The van der Waals surface area contributed by atoms with Gasteiger partial charge in [-0.15, -0.1) is 24.5 Å². The number of rotatable bonds is 6.